The molecule has 4 nitrogen and oxygen atoms in total. The van der Waals surface area contributed by atoms with Crippen LogP contribution in [0.2, 0.25) is 5.15 Å². The van der Waals surface area contributed by atoms with Crippen LogP contribution in [-0.2, 0) is 6.54 Å². The lowest BCUT2D eigenvalue weighted by Gasteiger charge is -2.09. The molecule has 0 aliphatic heterocycles. The van der Waals surface area contributed by atoms with Gasteiger partial charge in [0.25, 0.3) is 5.91 Å². The molecule has 0 unspecified atom stereocenters. The number of carbonyl (C=O) groups excluding carboxylic acids is 1. The molecule has 0 spiro atoms. The minimum absolute atomic E-state index is 0.257. The fourth-order valence-electron chi connectivity index (χ4n) is 2.62. The number of aryl methyl sites for hydroxylation is 2. The van der Waals surface area contributed by atoms with E-state index in [1.807, 2.05) is 55.5 Å². The molecule has 0 bridgehead atoms. The zero-order valence-electron chi connectivity index (χ0n) is 13.9. The number of anilines is 1. The number of hydrogen-bond acceptors (Lipinski definition) is 2. The van der Waals surface area contributed by atoms with Crippen molar-refractivity contribution < 1.29 is 4.79 Å². The van der Waals surface area contributed by atoms with E-state index in [1.54, 1.807) is 11.6 Å². The van der Waals surface area contributed by atoms with Crippen molar-refractivity contribution in [2.75, 3.05) is 5.32 Å². The Balaban J connectivity index is 1.85. The minimum atomic E-state index is -0.257. The molecule has 0 saturated carbocycles. The lowest BCUT2D eigenvalue weighted by Crippen LogP contribution is -2.14. The number of nitrogens with one attached hydrogen (secondary N) is 1. The fraction of sp³-hybridized carbons (Fsp3) is 0.158. The Morgan fingerprint density at radius 3 is 2.60 bits per heavy atom. The molecule has 0 atom stereocenters. The van der Waals surface area contributed by atoms with E-state index in [0.717, 1.165) is 21.3 Å². The first-order valence-electron chi connectivity index (χ1n) is 7.80. The lowest BCUT2D eigenvalue weighted by molar-refractivity contribution is 0.102. The summed E-state index contributed by atoms with van der Waals surface area (Å²) in [6.45, 7) is 4.25. The number of nitrogens with zero attached hydrogens (tertiary/aromatic N) is 2. The van der Waals surface area contributed by atoms with Crippen LogP contribution in [0.25, 0.3) is 0 Å². The highest BCUT2D eigenvalue weighted by Crippen LogP contribution is 2.24. The third-order valence-corrected chi connectivity index (χ3v) is 4.78. The number of hydrogen-bond donors (Lipinski definition) is 1. The third kappa shape index (κ3) is 3.94. The van der Waals surface area contributed by atoms with E-state index in [4.69, 9.17) is 11.6 Å². The monoisotopic (exact) mass is 417 g/mol. The van der Waals surface area contributed by atoms with Gasteiger partial charge in [0.05, 0.1) is 17.8 Å². The number of benzene rings is 2. The molecule has 1 N–H and O–H groups in total. The van der Waals surface area contributed by atoms with Gasteiger partial charge in [0.2, 0.25) is 0 Å². The topological polar surface area (TPSA) is 46.9 Å². The smallest absolute Gasteiger partial charge is 0.260 e. The summed E-state index contributed by atoms with van der Waals surface area (Å²) in [6, 6.07) is 15.6. The first-order chi connectivity index (χ1) is 12.0. The van der Waals surface area contributed by atoms with Crippen molar-refractivity contribution in [3.8, 4) is 0 Å². The summed E-state index contributed by atoms with van der Waals surface area (Å²) in [5.74, 6) is -0.257. The van der Waals surface area contributed by atoms with Crippen LogP contribution in [0.4, 0.5) is 5.69 Å². The van der Waals surface area contributed by atoms with Gasteiger partial charge in [-0.1, -0.05) is 57.9 Å². The molecule has 2 aromatic carbocycles. The molecule has 0 aliphatic rings. The van der Waals surface area contributed by atoms with Gasteiger partial charge < -0.3 is 5.32 Å². The van der Waals surface area contributed by atoms with Gasteiger partial charge in [-0.15, -0.1) is 0 Å². The molecule has 0 radical (unpaired) electrons. The molecular formula is C19H17BrClN3O. The molecule has 1 aromatic heterocycles. The highest BCUT2D eigenvalue weighted by molar-refractivity contribution is 9.10. The quantitative estimate of drug-likeness (QED) is 0.631. The van der Waals surface area contributed by atoms with Crippen molar-refractivity contribution in [3.05, 3.63) is 80.5 Å². The summed E-state index contributed by atoms with van der Waals surface area (Å²) >= 11 is 9.86. The van der Waals surface area contributed by atoms with E-state index >= 15 is 0 Å². The van der Waals surface area contributed by atoms with E-state index in [2.05, 4.69) is 26.3 Å². The molecule has 0 fully saturated rings. The number of halogens is 2. The van der Waals surface area contributed by atoms with Gasteiger partial charge in [-0.05, 0) is 43.2 Å². The Morgan fingerprint density at radius 2 is 1.92 bits per heavy atom. The summed E-state index contributed by atoms with van der Waals surface area (Å²) < 4.78 is 2.61. The second-order valence-electron chi connectivity index (χ2n) is 5.81. The highest BCUT2D eigenvalue weighted by atomic mass is 79.9. The Hall–Kier alpha value is -2.11. The van der Waals surface area contributed by atoms with Crippen LogP contribution >= 0.6 is 27.5 Å². The average molecular weight is 419 g/mol. The molecule has 1 amide bonds. The predicted octanol–water partition coefficient (Wildman–Crippen LogP) is 5.22. The number of aromatic nitrogens is 2. The Bertz CT molecular complexity index is 922. The summed E-state index contributed by atoms with van der Waals surface area (Å²) in [4.78, 5) is 12.7. The predicted molar refractivity (Wildman–Crippen MR) is 104 cm³/mol. The summed E-state index contributed by atoms with van der Waals surface area (Å²) in [6.07, 6.45) is 0. The van der Waals surface area contributed by atoms with Gasteiger partial charge in [-0.25, -0.2) is 4.68 Å². The van der Waals surface area contributed by atoms with Gasteiger partial charge in [-0.3, -0.25) is 4.79 Å². The zero-order valence-corrected chi connectivity index (χ0v) is 16.2. The van der Waals surface area contributed by atoms with Crippen LogP contribution < -0.4 is 5.32 Å². The maximum absolute atomic E-state index is 12.7. The van der Waals surface area contributed by atoms with Crippen molar-refractivity contribution in [2.24, 2.45) is 0 Å². The second kappa shape index (κ2) is 7.42. The maximum atomic E-state index is 12.7. The molecular weight excluding hydrogens is 402 g/mol. The molecule has 1 heterocycles. The lowest BCUT2D eigenvalue weighted by atomic mass is 10.2. The zero-order chi connectivity index (χ0) is 18.0. The standard InChI is InChI=1S/C19H17BrClN3O/c1-12-10-15(20)8-9-16(12)22-19(25)17-13(2)23-24(18(17)21)11-14-6-4-3-5-7-14/h3-10H,11H2,1-2H3,(H,22,25). The first kappa shape index (κ1) is 17.7. The van der Waals surface area contributed by atoms with Crippen LogP contribution in [-0.4, -0.2) is 15.7 Å². The van der Waals surface area contributed by atoms with Crippen LogP contribution in [0.5, 0.6) is 0 Å². The van der Waals surface area contributed by atoms with Crippen molar-refractivity contribution in [1.82, 2.24) is 9.78 Å². The third-order valence-electron chi connectivity index (χ3n) is 3.90. The molecule has 6 heteroatoms. The van der Waals surface area contributed by atoms with Gasteiger partial charge >= 0.3 is 0 Å². The SMILES string of the molecule is Cc1cc(Br)ccc1NC(=O)c1c(C)nn(Cc2ccccc2)c1Cl. The summed E-state index contributed by atoms with van der Waals surface area (Å²) in [5.41, 5.74) is 3.79. The Morgan fingerprint density at radius 1 is 1.20 bits per heavy atom. The summed E-state index contributed by atoms with van der Waals surface area (Å²) in [7, 11) is 0. The molecule has 25 heavy (non-hydrogen) atoms. The van der Waals surface area contributed by atoms with Gasteiger partial charge in [0.1, 0.15) is 5.15 Å². The van der Waals surface area contributed by atoms with E-state index in [9.17, 15) is 4.79 Å². The number of amides is 1. The molecule has 128 valence electrons. The van der Waals surface area contributed by atoms with E-state index in [1.165, 1.54) is 0 Å². The largest absolute Gasteiger partial charge is 0.322 e. The Kier molecular flexibility index (Phi) is 5.25. The van der Waals surface area contributed by atoms with Gasteiger partial charge in [0.15, 0.2) is 0 Å². The molecule has 0 aliphatic carbocycles. The highest BCUT2D eigenvalue weighted by Gasteiger charge is 2.21. The van der Waals surface area contributed by atoms with Crippen LogP contribution in [0.15, 0.2) is 53.0 Å². The van der Waals surface area contributed by atoms with E-state index in [0.29, 0.717) is 23.0 Å². The molecule has 3 aromatic rings. The van der Waals surface area contributed by atoms with Crippen molar-refractivity contribution in [1.29, 1.82) is 0 Å². The van der Waals surface area contributed by atoms with Crippen molar-refractivity contribution in [3.63, 3.8) is 0 Å². The average Bonchev–Trinajstić information content (AvgIpc) is 2.85. The van der Waals surface area contributed by atoms with Crippen LogP contribution in [0.1, 0.15) is 27.2 Å². The van der Waals surface area contributed by atoms with E-state index in [-0.39, 0.29) is 5.91 Å². The molecule has 3 rings (SSSR count). The van der Waals surface area contributed by atoms with Crippen LogP contribution in [0.3, 0.4) is 0 Å². The normalized spacial score (nSPS) is 10.7. The maximum Gasteiger partial charge on any atom is 0.260 e. The van der Waals surface area contributed by atoms with Gasteiger partial charge in [-0.2, -0.15) is 5.10 Å². The van der Waals surface area contributed by atoms with Crippen molar-refractivity contribution >= 4 is 39.1 Å². The fourth-order valence-corrected chi connectivity index (χ4v) is 3.42. The van der Waals surface area contributed by atoms with E-state index < -0.39 is 0 Å². The minimum Gasteiger partial charge on any atom is -0.322 e. The summed E-state index contributed by atoms with van der Waals surface area (Å²) in [5, 5.41) is 7.68. The van der Waals surface area contributed by atoms with Crippen molar-refractivity contribution in [2.45, 2.75) is 20.4 Å². The molecule has 0 saturated heterocycles. The number of rotatable bonds is 4. The van der Waals surface area contributed by atoms with Crippen LogP contribution in [0, 0.1) is 13.8 Å². The first-order valence-corrected chi connectivity index (χ1v) is 8.97. The van der Waals surface area contributed by atoms with Gasteiger partial charge in [0, 0.05) is 10.2 Å². The second-order valence-corrected chi connectivity index (χ2v) is 7.08. The number of carbonyl (C=O) groups is 1. The Labute approximate surface area is 159 Å².